The van der Waals surface area contributed by atoms with E-state index in [2.05, 4.69) is 13.3 Å². The molecule has 5 heteroatoms. The summed E-state index contributed by atoms with van der Waals surface area (Å²) < 4.78 is 27.0. The van der Waals surface area contributed by atoms with Crippen LogP contribution in [-0.2, 0) is 39.0 Å². The van der Waals surface area contributed by atoms with E-state index in [-0.39, 0.29) is 22.9 Å². The SMILES string of the molecule is Fc1ccc([S-])cc1.[C-]#[O+].[C-]#[O+].[CH]1[CH][CH-]C=C1.[Fe+2]. The predicted molar refractivity (Wildman–Crippen MR) is 61.9 cm³/mol. The minimum atomic E-state index is -0.237. The summed E-state index contributed by atoms with van der Waals surface area (Å²) in [5.41, 5.74) is 0. The van der Waals surface area contributed by atoms with Crippen molar-refractivity contribution in [2.75, 3.05) is 0 Å². The van der Waals surface area contributed by atoms with Crippen LogP contribution in [0, 0.1) is 38.4 Å². The van der Waals surface area contributed by atoms with Crippen LogP contribution in [0.4, 0.5) is 4.39 Å². The Morgan fingerprint density at radius 1 is 1.06 bits per heavy atom. The fraction of sp³-hybridized carbons (Fsp3) is 0. The molecule has 0 saturated carbocycles. The molecule has 0 unspecified atom stereocenters. The van der Waals surface area contributed by atoms with Crippen LogP contribution in [0.25, 0.3) is 0 Å². The van der Waals surface area contributed by atoms with Crippen LogP contribution in [0.5, 0.6) is 0 Å². The van der Waals surface area contributed by atoms with E-state index in [0.717, 1.165) is 0 Å². The molecule has 0 heterocycles. The molecule has 0 atom stereocenters. The van der Waals surface area contributed by atoms with Crippen LogP contribution in [0.15, 0.2) is 41.3 Å². The summed E-state index contributed by atoms with van der Waals surface area (Å²) >= 11 is 4.70. The Morgan fingerprint density at radius 3 is 1.78 bits per heavy atom. The molecule has 1 aliphatic carbocycles. The van der Waals surface area contributed by atoms with Crippen molar-refractivity contribution in [3.8, 4) is 0 Å². The van der Waals surface area contributed by atoms with Gasteiger partial charge in [-0.25, -0.2) is 23.0 Å². The zero-order valence-electron chi connectivity index (χ0n) is 9.15. The monoisotopic (exact) mass is 304 g/mol. The van der Waals surface area contributed by atoms with E-state index < -0.39 is 0 Å². The normalized spacial score (nSPS) is 9.61. The van der Waals surface area contributed by atoms with Gasteiger partial charge in [0.2, 0.25) is 0 Å². The van der Waals surface area contributed by atoms with Crippen LogP contribution in [-0.4, -0.2) is 0 Å². The van der Waals surface area contributed by atoms with Crippen molar-refractivity contribution in [2.24, 2.45) is 0 Å². The van der Waals surface area contributed by atoms with Crippen molar-refractivity contribution >= 4 is 12.6 Å². The predicted octanol–water partition coefficient (Wildman–Crippen LogP) is 2.82. The van der Waals surface area contributed by atoms with Crippen molar-refractivity contribution < 1.29 is 30.8 Å². The van der Waals surface area contributed by atoms with Crippen molar-refractivity contribution in [3.63, 3.8) is 0 Å². The van der Waals surface area contributed by atoms with E-state index in [0.29, 0.717) is 4.90 Å². The smallest absolute Gasteiger partial charge is 0.231 e. The van der Waals surface area contributed by atoms with Crippen molar-refractivity contribution in [3.05, 3.63) is 74.8 Å². The Kier molecular flexibility index (Phi) is 22.6. The first kappa shape index (κ1) is 22.2. The van der Waals surface area contributed by atoms with E-state index in [1.165, 1.54) is 12.1 Å². The Hall–Kier alpha value is -1.02. The van der Waals surface area contributed by atoms with Crippen molar-refractivity contribution in [2.45, 2.75) is 4.90 Å². The standard InChI is InChI=1S/C6H5FS.C5H5.2CO.Fe/c7-5-1-3-6(8)4-2-5;1-2-4-5-3-1;2*1-2;/h1-4,8H;1-5H;;;/q;-1;;;+2/p-1. The second-order valence-electron chi connectivity index (χ2n) is 2.42. The van der Waals surface area contributed by atoms with Gasteiger partial charge in [0, 0.05) is 0 Å². The first-order valence-corrected chi connectivity index (χ1v) is 4.70. The van der Waals surface area contributed by atoms with Crippen molar-refractivity contribution in [1.82, 2.24) is 0 Å². The molecule has 0 N–H and O–H groups in total. The number of benzene rings is 1. The zero-order chi connectivity index (χ0) is 13.5. The minimum absolute atomic E-state index is 0. The summed E-state index contributed by atoms with van der Waals surface area (Å²) in [5.74, 6) is -0.237. The Bertz CT molecular complexity index is 314. The van der Waals surface area contributed by atoms with Crippen LogP contribution < -0.4 is 0 Å². The first-order valence-electron chi connectivity index (χ1n) is 4.29. The maximum absolute atomic E-state index is 12.0. The maximum Gasteiger partial charge on any atom is 2.00 e. The fourth-order valence-corrected chi connectivity index (χ4v) is 0.891. The molecule has 94 valence electrons. The third-order valence-corrected chi connectivity index (χ3v) is 1.64. The van der Waals surface area contributed by atoms with Gasteiger partial charge in [-0.2, -0.15) is 4.90 Å². The van der Waals surface area contributed by atoms with E-state index in [1.807, 2.05) is 31.4 Å². The molecule has 0 amide bonds. The summed E-state index contributed by atoms with van der Waals surface area (Å²) in [7, 11) is 0. The summed E-state index contributed by atoms with van der Waals surface area (Å²) in [6, 6.07) is 5.82. The third kappa shape index (κ3) is 15.0. The largest absolute Gasteiger partial charge is 2.00 e. The zero-order valence-corrected chi connectivity index (χ0v) is 11.1. The van der Waals surface area contributed by atoms with Gasteiger partial charge >= 0.3 is 39.7 Å². The molecule has 2 radical (unpaired) electrons. The molecule has 18 heavy (non-hydrogen) atoms. The Balaban J connectivity index is -0.000000196. The van der Waals surface area contributed by atoms with Crippen LogP contribution >= 0.6 is 0 Å². The van der Waals surface area contributed by atoms with Gasteiger partial charge in [0.1, 0.15) is 5.82 Å². The van der Waals surface area contributed by atoms with E-state index in [1.54, 1.807) is 12.1 Å². The van der Waals surface area contributed by atoms with Gasteiger partial charge in [0.05, 0.1) is 0 Å². The molecule has 0 fully saturated rings. The summed E-state index contributed by atoms with van der Waals surface area (Å²) in [5, 5.41) is 0. The number of halogens is 1. The minimum Gasteiger partial charge on any atom is -0.231 e. The second kappa shape index (κ2) is 18.3. The van der Waals surface area contributed by atoms with Crippen LogP contribution in [0.3, 0.4) is 0 Å². The molecule has 2 nitrogen and oxygen atoms in total. The molecule has 0 saturated heterocycles. The topological polar surface area (TPSA) is 39.8 Å². The molecule has 1 aromatic rings. The molecular weight excluding hydrogens is 295 g/mol. The molecule has 1 aliphatic rings. The second-order valence-corrected chi connectivity index (χ2v) is 2.89. The number of rotatable bonds is 0. The molecule has 2 rings (SSSR count). The quantitative estimate of drug-likeness (QED) is 0.314. The summed E-state index contributed by atoms with van der Waals surface area (Å²) in [6.45, 7) is 9.00. The van der Waals surface area contributed by atoms with E-state index >= 15 is 0 Å². The van der Waals surface area contributed by atoms with E-state index in [4.69, 9.17) is 21.9 Å². The molecule has 0 aromatic heterocycles. The van der Waals surface area contributed by atoms with Gasteiger partial charge in [-0.1, -0.05) is 12.1 Å². The summed E-state index contributed by atoms with van der Waals surface area (Å²) in [6.07, 6.45) is 10.0. The van der Waals surface area contributed by atoms with Gasteiger partial charge in [0.25, 0.3) is 0 Å². The number of hydrogen-bond acceptors (Lipinski definition) is 1. The van der Waals surface area contributed by atoms with Gasteiger partial charge in [-0.15, -0.1) is 12.8 Å². The molecule has 0 bridgehead atoms. The Labute approximate surface area is 123 Å². The molecule has 1 aromatic carbocycles. The van der Waals surface area contributed by atoms with Crippen LogP contribution in [0.2, 0.25) is 0 Å². The van der Waals surface area contributed by atoms with Gasteiger partial charge in [-0.3, -0.25) is 0 Å². The van der Waals surface area contributed by atoms with Gasteiger partial charge < -0.3 is 12.6 Å². The average Bonchev–Trinajstić information content (AvgIpc) is 2.97. The van der Waals surface area contributed by atoms with Gasteiger partial charge in [-0.05, 0) is 12.1 Å². The number of allylic oxidation sites excluding steroid dienone is 2. The van der Waals surface area contributed by atoms with Gasteiger partial charge in [0.15, 0.2) is 0 Å². The first-order chi connectivity index (χ1) is 8.29. The Morgan fingerprint density at radius 2 is 1.56 bits per heavy atom. The molecular formula is C13H9FFeO2S. The average molecular weight is 304 g/mol. The summed E-state index contributed by atoms with van der Waals surface area (Å²) in [4.78, 5) is 0.673. The molecule has 0 spiro atoms. The number of hydrogen-bond donors (Lipinski definition) is 0. The third-order valence-electron chi connectivity index (χ3n) is 1.37. The maximum atomic E-state index is 12.0. The fourth-order valence-electron chi connectivity index (χ4n) is 0.755. The van der Waals surface area contributed by atoms with E-state index in [9.17, 15) is 4.39 Å². The molecule has 0 aliphatic heterocycles. The van der Waals surface area contributed by atoms with Crippen LogP contribution in [0.1, 0.15) is 0 Å². The van der Waals surface area contributed by atoms with Crippen molar-refractivity contribution in [1.29, 1.82) is 0 Å².